The van der Waals surface area contributed by atoms with E-state index in [1.807, 2.05) is 18.2 Å². The Morgan fingerprint density at radius 2 is 1.52 bits per heavy atom. The van der Waals surface area contributed by atoms with Crippen LogP contribution < -0.4 is 10.6 Å². The first-order chi connectivity index (χ1) is 11.1. The summed E-state index contributed by atoms with van der Waals surface area (Å²) in [6.45, 7) is 1.80. The number of hydrogen-bond donors (Lipinski definition) is 2. The summed E-state index contributed by atoms with van der Waals surface area (Å²) in [7, 11) is 0. The number of aromatic nitrogens is 2. The van der Waals surface area contributed by atoms with E-state index in [2.05, 4.69) is 20.6 Å². The maximum atomic E-state index is 13.0. The first-order valence-electron chi connectivity index (χ1n) is 6.99. The molecule has 0 unspecified atom stereocenters. The van der Waals surface area contributed by atoms with Crippen molar-refractivity contribution in [1.29, 1.82) is 0 Å². The minimum Gasteiger partial charge on any atom is -0.340 e. The van der Waals surface area contributed by atoms with Crippen LogP contribution in [-0.2, 0) is 0 Å². The largest absolute Gasteiger partial charge is 0.340 e. The Balaban J connectivity index is 1.82. The molecular formula is C17H14ClFN4. The first kappa shape index (κ1) is 15.2. The van der Waals surface area contributed by atoms with Crippen LogP contribution in [0, 0.1) is 12.7 Å². The molecule has 0 aliphatic carbocycles. The zero-order chi connectivity index (χ0) is 16.2. The van der Waals surface area contributed by atoms with Crippen LogP contribution in [0.3, 0.4) is 0 Å². The highest BCUT2D eigenvalue weighted by Gasteiger charge is 2.04. The number of hydrogen-bond acceptors (Lipinski definition) is 4. The molecule has 2 N–H and O–H groups in total. The summed E-state index contributed by atoms with van der Waals surface area (Å²) in [5.74, 6) is 1.59. The standard InChI is InChI=1S/C17H14ClFN4/c1-11-20-16(22-14-7-5-13(19)6-8-14)10-17(21-11)23-15-4-2-3-12(18)9-15/h2-10H,1H3,(H2,20,21,22,23). The molecule has 23 heavy (non-hydrogen) atoms. The molecule has 0 saturated carbocycles. The average molecular weight is 329 g/mol. The van der Waals surface area contributed by atoms with Crippen LogP contribution in [0.2, 0.25) is 5.02 Å². The molecule has 3 rings (SSSR count). The van der Waals surface area contributed by atoms with E-state index < -0.39 is 0 Å². The fraction of sp³-hybridized carbons (Fsp3) is 0.0588. The molecule has 6 heteroatoms. The van der Waals surface area contributed by atoms with Gasteiger partial charge in [-0.1, -0.05) is 17.7 Å². The zero-order valence-electron chi connectivity index (χ0n) is 12.3. The topological polar surface area (TPSA) is 49.8 Å². The lowest BCUT2D eigenvalue weighted by atomic mass is 10.3. The maximum absolute atomic E-state index is 13.0. The number of anilines is 4. The van der Waals surface area contributed by atoms with E-state index in [0.29, 0.717) is 22.5 Å². The molecular weight excluding hydrogens is 315 g/mol. The second-order valence-electron chi connectivity index (χ2n) is 4.95. The summed E-state index contributed by atoms with van der Waals surface area (Å²) in [6.07, 6.45) is 0. The zero-order valence-corrected chi connectivity index (χ0v) is 13.1. The summed E-state index contributed by atoms with van der Waals surface area (Å²) in [4.78, 5) is 8.68. The molecule has 4 nitrogen and oxygen atoms in total. The fourth-order valence-corrected chi connectivity index (χ4v) is 2.28. The van der Waals surface area contributed by atoms with E-state index in [4.69, 9.17) is 11.6 Å². The molecule has 1 heterocycles. The van der Waals surface area contributed by atoms with Crippen molar-refractivity contribution >= 4 is 34.6 Å². The van der Waals surface area contributed by atoms with Gasteiger partial charge in [0.05, 0.1) is 0 Å². The van der Waals surface area contributed by atoms with E-state index in [-0.39, 0.29) is 5.82 Å². The molecule has 0 atom stereocenters. The fourth-order valence-electron chi connectivity index (χ4n) is 2.09. The number of aryl methyl sites for hydroxylation is 1. The smallest absolute Gasteiger partial charge is 0.136 e. The van der Waals surface area contributed by atoms with E-state index in [1.165, 1.54) is 12.1 Å². The molecule has 0 aliphatic heterocycles. The summed E-state index contributed by atoms with van der Waals surface area (Å²) in [6, 6.07) is 15.2. The van der Waals surface area contributed by atoms with Gasteiger partial charge in [-0.3, -0.25) is 0 Å². The minimum atomic E-state index is -0.280. The molecule has 0 radical (unpaired) electrons. The maximum Gasteiger partial charge on any atom is 0.136 e. The molecule has 0 bridgehead atoms. The van der Waals surface area contributed by atoms with Gasteiger partial charge < -0.3 is 10.6 Å². The van der Waals surface area contributed by atoms with Crippen molar-refractivity contribution in [3.63, 3.8) is 0 Å². The second-order valence-corrected chi connectivity index (χ2v) is 5.39. The van der Waals surface area contributed by atoms with Crippen molar-refractivity contribution in [3.8, 4) is 0 Å². The Labute approximate surface area is 138 Å². The molecule has 3 aromatic rings. The molecule has 0 amide bonds. The lowest BCUT2D eigenvalue weighted by molar-refractivity contribution is 0.628. The van der Waals surface area contributed by atoms with Gasteiger partial charge in [0.15, 0.2) is 0 Å². The predicted octanol–water partition coefficient (Wildman–Crippen LogP) is 5.06. The third kappa shape index (κ3) is 4.17. The normalized spacial score (nSPS) is 10.4. The van der Waals surface area contributed by atoms with Gasteiger partial charge in [-0.05, 0) is 49.4 Å². The van der Waals surface area contributed by atoms with E-state index in [9.17, 15) is 4.39 Å². The lowest BCUT2D eigenvalue weighted by Crippen LogP contribution is -2.01. The Hall–Kier alpha value is -2.66. The van der Waals surface area contributed by atoms with E-state index in [1.54, 1.807) is 31.2 Å². The average Bonchev–Trinajstić information content (AvgIpc) is 2.49. The van der Waals surface area contributed by atoms with Crippen molar-refractivity contribution in [2.24, 2.45) is 0 Å². The number of nitrogens with one attached hydrogen (secondary N) is 2. The van der Waals surface area contributed by atoms with Gasteiger partial charge in [0, 0.05) is 22.5 Å². The van der Waals surface area contributed by atoms with Gasteiger partial charge in [0.1, 0.15) is 23.3 Å². The third-order valence-corrected chi connectivity index (χ3v) is 3.29. The highest BCUT2D eigenvalue weighted by molar-refractivity contribution is 6.30. The number of nitrogens with zero attached hydrogens (tertiary/aromatic N) is 2. The molecule has 1 aromatic heterocycles. The quantitative estimate of drug-likeness (QED) is 0.702. The van der Waals surface area contributed by atoms with Crippen LogP contribution in [0.1, 0.15) is 5.82 Å². The molecule has 0 spiro atoms. The summed E-state index contributed by atoms with van der Waals surface area (Å²) in [5.41, 5.74) is 1.58. The van der Waals surface area contributed by atoms with Crippen LogP contribution in [-0.4, -0.2) is 9.97 Å². The molecule has 0 aliphatic rings. The van der Waals surface area contributed by atoms with Crippen molar-refractivity contribution < 1.29 is 4.39 Å². The Bertz CT molecular complexity index is 821. The number of rotatable bonds is 4. The van der Waals surface area contributed by atoms with Crippen LogP contribution in [0.5, 0.6) is 0 Å². The van der Waals surface area contributed by atoms with Gasteiger partial charge in [-0.15, -0.1) is 0 Å². The summed E-state index contributed by atoms with van der Waals surface area (Å²) >= 11 is 5.98. The third-order valence-electron chi connectivity index (χ3n) is 3.05. The van der Waals surface area contributed by atoms with Crippen LogP contribution in [0.25, 0.3) is 0 Å². The Morgan fingerprint density at radius 1 is 0.870 bits per heavy atom. The predicted molar refractivity (Wildman–Crippen MR) is 91.2 cm³/mol. The van der Waals surface area contributed by atoms with Crippen molar-refractivity contribution in [1.82, 2.24) is 9.97 Å². The van der Waals surface area contributed by atoms with Crippen molar-refractivity contribution in [2.75, 3.05) is 10.6 Å². The lowest BCUT2D eigenvalue weighted by Gasteiger charge is -2.10. The summed E-state index contributed by atoms with van der Waals surface area (Å²) in [5, 5.41) is 6.95. The Kier molecular flexibility index (Phi) is 4.39. The molecule has 0 fully saturated rings. The van der Waals surface area contributed by atoms with Gasteiger partial charge >= 0.3 is 0 Å². The van der Waals surface area contributed by atoms with Crippen LogP contribution in [0.15, 0.2) is 54.6 Å². The van der Waals surface area contributed by atoms with Crippen molar-refractivity contribution in [2.45, 2.75) is 6.92 Å². The number of benzene rings is 2. The minimum absolute atomic E-state index is 0.280. The summed E-state index contributed by atoms with van der Waals surface area (Å²) < 4.78 is 13.0. The monoisotopic (exact) mass is 328 g/mol. The van der Waals surface area contributed by atoms with Crippen LogP contribution >= 0.6 is 11.6 Å². The van der Waals surface area contributed by atoms with E-state index in [0.717, 1.165) is 11.4 Å². The molecule has 0 saturated heterocycles. The highest BCUT2D eigenvalue weighted by atomic mass is 35.5. The Morgan fingerprint density at radius 3 is 2.17 bits per heavy atom. The highest BCUT2D eigenvalue weighted by Crippen LogP contribution is 2.22. The van der Waals surface area contributed by atoms with Gasteiger partial charge in [-0.25, -0.2) is 14.4 Å². The van der Waals surface area contributed by atoms with E-state index >= 15 is 0 Å². The van der Waals surface area contributed by atoms with Crippen LogP contribution in [0.4, 0.5) is 27.4 Å². The second kappa shape index (κ2) is 6.62. The van der Waals surface area contributed by atoms with Gasteiger partial charge in [-0.2, -0.15) is 0 Å². The number of halogens is 2. The molecule has 2 aromatic carbocycles. The van der Waals surface area contributed by atoms with Crippen molar-refractivity contribution in [3.05, 3.63) is 71.3 Å². The molecule has 116 valence electrons. The first-order valence-corrected chi connectivity index (χ1v) is 7.37. The van der Waals surface area contributed by atoms with Gasteiger partial charge in [0.2, 0.25) is 0 Å². The van der Waals surface area contributed by atoms with Gasteiger partial charge in [0.25, 0.3) is 0 Å². The SMILES string of the molecule is Cc1nc(Nc2ccc(F)cc2)cc(Nc2cccc(Cl)c2)n1.